The highest BCUT2D eigenvalue weighted by molar-refractivity contribution is 6.75. The van der Waals surface area contributed by atoms with Crippen molar-refractivity contribution in [2.45, 2.75) is 33.5 Å². The van der Waals surface area contributed by atoms with Crippen molar-refractivity contribution in [3.8, 4) is 11.5 Å². The van der Waals surface area contributed by atoms with Gasteiger partial charge in [-0.1, -0.05) is 19.6 Å². The first kappa shape index (κ1) is 13.0. The summed E-state index contributed by atoms with van der Waals surface area (Å²) in [7, 11) is -1.52. The van der Waals surface area contributed by atoms with Gasteiger partial charge in [0, 0.05) is 13.1 Å². The molecule has 2 aliphatic rings. The summed E-state index contributed by atoms with van der Waals surface area (Å²) in [6, 6.07) is 0. The summed E-state index contributed by atoms with van der Waals surface area (Å²) in [4.78, 5) is 15.3. The lowest BCUT2D eigenvalue weighted by atomic mass is 10.3. The predicted octanol–water partition coefficient (Wildman–Crippen LogP) is 2.31. The Balaban J connectivity index is 2.69. The minimum absolute atomic E-state index is 0.742. The van der Waals surface area contributed by atoms with E-state index in [1.807, 2.05) is 6.33 Å². The van der Waals surface area contributed by atoms with Crippen molar-refractivity contribution >= 4 is 14.1 Å². The number of anilines is 1. The Bertz CT molecular complexity index is 498. The van der Waals surface area contributed by atoms with Crippen LogP contribution < -0.4 is 4.90 Å². The highest BCUT2D eigenvalue weighted by atomic mass is 28.3. The Hall–Kier alpha value is -1.43. The van der Waals surface area contributed by atoms with E-state index >= 15 is 0 Å². The van der Waals surface area contributed by atoms with Crippen molar-refractivity contribution in [2.24, 2.45) is 0 Å². The molecule has 18 heavy (non-hydrogen) atoms. The third kappa shape index (κ3) is 2.12. The molecule has 0 fully saturated rings. The average molecular weight is 263 g/mol. The summed E-state index contributed by atoms with van der Waals surface area (Å²) in [5, 5.41) is 0. The third-order valence-electron chi connectivity index (χ3n) is 3.10. The van der Waals surface area contributed by atoms with Crippen LogP contribution in [0.15, 0.2) is 12.7 Å². The van der Waals surface area contributed by atoms with Gasteiger partial charge in [0.05, 0.1) is 6.33 Å². The molecule has 2 aliphatic heterocycles. The number of aromatic nitrogens is 4. The molecule has 98 valence electrons. The molecule has 0 bridgehead atoms. The number of nitrogens with zero attached hydrogens (tertiary/aromatic N) is 5. The molecule has 0 aromatic rings. The number of rotatable bonds is 4. The van der Waals surface area contributed by atoms with Gasteiger partial charge in [0.25, 0.3) is 0 Å². The maximum atomic E-state index is 4.42. The number of hydrogen-bond acceptors (Lipinski definition) is 4. The lowest BCUT2D eigenvalue weighted by Gasteiger charge is -2.32. The molecule has 0 aromatic carbocycles. The highest BCUT2D eigenvalue weighted by Crippen LogP contribution is 2.30. The van der Waals surface area contributed by atoms with Crippen LogP contribution in [0.3, 0.4) is 0 Å². The first-order valence-corrected chi connectivity index (χ1v) is 9.87. The van der Waals surface area contributed by atoms with E-state index in [0.29, 0.717) is 0 Å². The molecule has 0 spiro atoms. The van der Waals surface area contributed by atoms with Crippen LogP contribution in [-0.2, 0) is 0 Å². The molecule has 0 aliphatic carbocycles. The van der Waals surface area contributed by atoms with Gasteiger partial charge in [-0.05, 0) is 13.8 Å². The van der Waals surface area contributed by atoms with E-state index in [-0.39, 0.29) is 0 Å². The van der Waals surface area contributed by atoms with E-state index in [1.165, 1.54) is 5.82 Å². The Kier molecular flexibility index (Phi) is 3.38. The molecular formula is C12H21N5Si. The fourth-order valence-electron chi connectivity index (χ4n) is 2.11. The summed E-state index contributed by atoms with van der Waals surface area (Å²) >= 11 is 0. The summed E-state index contributed by atoms with van der Waals surface area (Å²) < 4.78 is 2.32. The minimum atomic E-state index is -1.52. The van der Waals surface area contributed by atoms with Crippen LogP contribution in [-0.4, -0.2) is 40.5 Å². The second-order valence-electron chi connectivity index (χ2n) is 5.33. The average Bonchev–Trinajstić information content (AvgIpc) is 2.77. The van der Waals surface area contributed by atoms with E-state index in [4.69, 9.17) is 0 Å². The van der Waals surface area contributed by atoms with E-state index in [2.05, 4.69) is 57.6 Å². The molecule has 0 N–H and O–H groups in total. The van der Waals surface area contributed by atoms with Crippen molar-refractivity contribution < 1.29 is 0 Å². The molecule has 0 saturated carbocycles. The third-order valence-corrected chi connectivity index (χ3v) is 4.87. The van der Waals surface area contributed by atoms with Gasteiger partial charge in [-0.3, -0.25) is 0 Å². The lowest BCUT2D eigenvalue weighted by molar-refractivity contribution is 0.818. The molecule has 5 nitrogen and oxygen atoms in total. The largest absolute Gasteiger partial charge is 0.357 e. The molecule has 0 amide bonds. The Morgan fingerprint density at radius 3 is 2.33 bits per heavy atom. The maximum Gasteiger partial charge on any atom is 0.184 e. The van der Waals surface area contributed by atoms with Crippen molar-refractivity contribution in [3.05, 3.63) is 12.7 Å². The summed E-state index contributed by atoms with van der Waals surface area (Å²) in [5.74, 6) is 1.91. The van der Waals surface area contributed by atoms with Gasteiger partial charge >= 0.3 is 0 Å². The number of hydrogen-bond donors (Lipinski definition) is 0. The highest BCUT2D eigenvalue weighted by Gasteiger charge is 2.26. The SMILES string of the molecule is CCN(CC)c1c2ncnc-2ncn1[Si](C)(C)C. The van der Waals surface area contributed by atoms with Crippen LogP contribution in [0.25, 0.3) is 11.5 Å². The van der Waals surface area contributed by atoms with Gasteiger partial charge in [0.2, 0.25) is 0 Å². The molecule has 2 heterocycles. The fraction of sp³-hybridized carbons (Fsp3) is 0.583. The first-order valence-electron chi connectivity index (χ1n) is 6.42. The van der Waals surface area contributed by atoms with Crippen LogP contribution in [0.1, 0.15) is 13.8 Å². The van der Waals surface area contributed by atoms with Crippen molar-refractivity contribution in [3.63, 3.8) is 0 Å². The van der Waals surface area contributed by atoms with Gasteiger partial charge in [-0.25, -0.2) is 15.0 Å². The molecule has 0 atom stereocenters. The van der Waals surface area contributed by atoms with Gasteiger partial charge < -0.3 is 9.13 Å². The summed E-state index contributed by atoms with van der Waals surface area (Å²) in [6.45, 7) is 13.2. The van der Waals surface area contributed by atoms with Gasteiger partial charge in [-0.2, -0.15) is 0 Å². The number of imidazole rings is 1. The second kappa shape index (κ2) is 4.68. The normalized spacial score (nSPS) is 12.1. The molecular weight excluding hydrogens is 242 g/mol. The van der Waals surface area contributed by atoms with Crippen molar-refractivity contribution in [2.75, 3.05) is 18.0 Å². The second-order valence-corrected chi connectivity index (χ2v) is 10.2. The zero-order valence-corrected chi connectivity index (χ0v) is 12.8. The summed E-state index contributed by atoms with van der Waals surface area (Å²) in [6.07, 6.45) is 3.52. The van der Waals surface area contributed by atoms with Gasteiger partial charge in [0.15, 0.2) is 14.1 Å². The zero-order valence-electron chi connectivity index (χ0n) is 11.8. The Labute approximate surface area is 109 Å². The van der Waals surface area contributed by atoms with Gasteiger partial charge in [0.1, 0.15) is 17.8 Å². The zero-order chi connectivity index (χ0) is 13.3. The van der Waals surface area contributed by atoms with E-state index in [9.17, 15) is 0 Å². The van der Waals surface area contributed by atoms with Crippen LogP contribution in [0.5, 0.6) is 0 Å². The summed E-state index contributed by atoms with van der Waals surface area (Å²) in [5.41, 5.74) is 0.920. The molecule has 0 radical (unpaired) electrons. The smallest absolute Gasteiger partial charge is 0.184 e. The van der Waals surface area contributed by atoms with Crippen LogP contribution in [0, 0.1) is 0 Å². The predicted molar refractivity (Wildman–Crippen MR) is 76.7 cm³/mol. The molecule has 2 rings (SSSR count). The van der Waals surface area contributed by atoms with E-state index in [1.54, 1.807) is 6.33 Å². The molecule has 0 unspecified atom stereocenters. The van der Waals surface area contributed by atoms with Crippen LogP contribution >= 0.6 is 0 Å². The maximum absolute atomic E-state index is 4.42. The Morgan fingerprint density at radius 1 is 1.11 bits per heavy atom. The van der Waals surface area contributed by atoms with Crippen molar-refractivity contribution in [1.29, 1.82) is 0 Å². The van der Waals surface area contributed by atoms with E-state index in [0.717, 1.165) is 24.6 Å². The Morgan fingerprint density at radius 2 is 1.78 bits per heavy atom. The van der Waals surface area contributed by atoms with Crippen LogP contribution in [0.4, 0.5) is 5.82 Å². The quantitative estimate of drug-likeness (QED) is 0.794. The first-order chi connectivity index (χ1) is 8.49. The standard InChI is InChI=1S/C12H21N5Si/c1-6-16(7-2)12-10-11(14-8-13-10)15-9-17(12)18(3,4)5/h8-9H,6-7H2,1-5H3. The van der Waals surface area contributed by atoms with Crippen LogP contribution in [0.2, 0.25) is 19.6 Å². The van der Waals surface area contributed by atoms with Gasteiger partial charge in [-0.15, -0.1) is 0 Å². The minimum Gasteiger partial charge on any atom is -0.357 e. The fourth-order valence-corrected chi connectivity index (χ4v) is 3.40. The van der Waals surface area contributed by atoms with Crippen molar-refractivity contribution in [1.82, 2.24) is 19.2 Å². The molecule has 0 aromatic heterocycles. The monoisotopic (exact) mass is 263 g/mol. The lowest BCUT2D eigenvalue weighted by Crippen LogP contribution is -2.38. The molecule has 6 heteroatoms. The topological polar surface area (TPSA) is 46.8 Å². The van der Waals surface area contributed by atoms with E-state index < -0.39 is 8.24 Å². The molecule has 0 saturated heterocycles. The number of fused-ring (bicyclic) bond motifs is 1.